The molecule has 19 heavy (non-hydrogen) atoms. The third-order valence-corrected chi connectivity index (χ3v) is 3.11. The lowest BCUT2D eigenvalue weighted by atomic mass is 10.1. The van der Waals surface area contributed by atoms with Crippen molar-refractivity contribution in [1.29, 1.82) is 0 Å². The van der Waals surface area contributed by atoms with Crippen molar-refractivity contribution >= 4 is 23.0 Å². The molecular formula is C13H19N3O3. The predicted octanol–water partition coefficient (Wildman–Crippen LogP) is 0.837. The van der Waals surface area contributed by atoms with Gasteiger partial charge < -0.3 is 25.8 Å². The van der Waals surface area contributed by atoms with Crippen LogP contribution in [0, 0.1) is 0 Å². The van der Waals surface area contributed by atoms with Gasteiger partial charge in [-0.15, -0.1) is 0 Å². The lowest BCUT2D eigenvalue weighted by Crippen LogP contribution is -2.26. The zero-order valence-electron chi connectivity index (χ0n) is 11.2. The van der Waals surface area contributed by atoms with Gasteiger partial charge in [-0.3, -0.25) is 4.79 Å². The van der Waals surface area contributed by atoms with Gasteiger partial charge in [-0.2, -0.15) is 0 Å². The van der Waals surface area contributed by atoms with Crippen molar-refractivity contribution in [3.63, 3.8) is 0 Å². The first kappa shape index (κ1) is 13.6. The monoisotopic (exact) mass is 265 g/mol. The summed E-state index contributed by atoms with van der Waals surface area (Å²) in [5.41, 5.74) is 9.15. The molecule has 1 aromatic rings. The van der Waals surface area contributed by atoms with Gasteiger partial charge in [0.1, 0.15) is 0 Å². The highest BCUT2D eigenvalue weighted by Gasteiger charge is 2.19. The van der Waals surface area contributed by atoms with E-state index in [1.54, 1.807) is 14.2 Å². The second kappa shape index (κ2) is 5.90. The quantitative estimate of drug-likeness (QED) is 0.664. The van der Waals surface area contributed by atoms with E-state index < -0.39 is 0 Å². The van der Waals surface area contributed by atoms with Crippen LogP contribution in [0.15, 0.2) is 12.1 Å². The summed E-state index contributed by atoms with van der Waals surface area (Å²) >= 11 is 0. The molecule has 1 aliphatic rings. The van der Waals surface area contributed by atoms with Crippen molar-refractivity contribution in [2.45, 2.75) is 12.5 Å². The highest BCUT2D eigenvalue weighted by molar-refractivity contribution is 6.00. The van der Waals surface area contributed by atoms with Gasteiger partial charge >= 0.3 is 0 Å². The third-order valence-electron chi connectivity index (χ3n) is 3.11. The van der Waals surface area contributed by atoms with Crippen LogP contribution in [-0.4, -0.2) is 39.4 Å². The van der Waals surface area contributed by atoms with Gasteiger partial charge in [0.25, 0.3) is 0 Å². The number of rotatable bonds is 6. The minimum atomic E-state index is -0.0488. The SMILES string of the molecule is COCC(CNc1cc2c(cc1N)CC(=O)N2)OC. The average molecular weight is 265 g/mol. The maximum atomic E-state index is 11.3. The molecule has 0 fully saturated rings. The molecule has 0 radical (unpaired) electrons. The predicted molar refractivity (Wildman–Crippen MR) is 74.4 cm³/mol. The average Bonchev–Trinajstić information content (AvgIpc) is 2.73. The number of carbonyl (C=O) groups is 1. The molecule has 1 aromatic carbocycles. The van der Waals surface area contributed by atoms with Crippen LogP contribution in [0.4, 0.5) is 17.1 Å². The van der Waals surface area contributed by atoms with Crippen LogP contribution in [0.3, 0.4) is 0 Å². The fourth-order valence-corrected chi connectivity index (χ4v) is 2.07. The number of hydrogen-bond acceptors (Lipinski definition) is 5. The van der Waals surface area contributed by atoms with Crippen molar-refractivity contribution in [3.8, 4) is 0 Å². The summed E-state index contributed by atoms with van der Waals surface area (Å²) < 4.78 is 10.3. The molecule has 0 saturated heterocycles. The molecule has 0 aliphatic carbocycles. The van der Waals surface area contributed by atoms with E-state index in [1.165, 1.54) is 0 Å². The summed E-state index contributed by atoms with van der Waals surface area (Å²) in [4.78, 5) is 11.3. The number of anilines is 3. The van der Waals surface area contributed by atoms with E-state index in [9.17, 15) is 4.79 Å². The Morgan fingerprint density at radius 2 is 2.26 bits per heavy atom. The highest BCUT2D eigenvalue weighted by Crippen LogP contribution is 2.31. The molecule has 4 N–H and O–H groups in total. The number of hydrogen-bond donors (Lipinski definition) is 3. The van der Waals surface area contributed by atoms with Crippen molar-refractivity contribution in [1.82, 2.24) is 0 Å². The summed E-state index contributed by atoms with van der Waals surface area (Å²) in [6.45, 7) is 1.09. The standard InChI is InChI=1S/C13H19N3O3/c1-18-7-9(19-2)6-15-12-5-11-8(3-10(12)14)4-13(17)16-11/h3,5,9,15H,4,6-7,14H2,1-2H3,(H,16,17). The molecule has 2 rings (SSSR count). The summed E-state index contributed by atoms with van der Waals surface area (Å²) in [6.07, 6.45) is 0.344. The van der Waals surface area contributed by atoms with E-state index in [-0.39, 0.29) is 12.0 Å². The Balaban J connectivity index is 2.05. The zero-order chi connectivity index (χ0) is 13.8. The van der Waals surface area contributed by atoms with Crippen molar-refractivity contribution in [2.24, 2.45) is 0 Å². The highest BCUT2D eigenvalue weighted by atomic mass is 16.5. The van der Waals surface area contributed by atoms with Gasteiger partial charge in [-0.25, -0.2) is 0 Å². The number of nitrogens with two attached hydrogens (primary N) is 1. The summed E-state index contributed by atoms with van der Waals surface area (Å²) in [6, 6.07) is 3.68. The number of ether oxygens (including phenoxy) is 2. The fraction of sp³-hybridized carbons (Fsp3) is 0.462. The Kier molecular flexibility index (Phi) is 4.24. The molecule has 1 amide bonds. The molecule has 1 unspecified atom stereocenters. The van der Waals surface area contributed by atoms with E-state index in [2.05, 4.69) is 10.6 Å². The van der Waals surface area contributed by atoms with E-state index in [0.29, 0.717) is 25.3 Å². The van der Waals surface area contributed by atoms with E-state index >= 15 is 0 Å². The number of amides is 1. The van der Waals surface area contributed by atoms with Crippen molar-refractivity contribution in [3.05, 3.63) is 17.7 Å². The Bertz CT molecular complexity index is 476. The van der Waals surface area contributed by atoms with Crippen LogP contribution in [0.1, 0.15) is 5.56 Å². The molecular weight excluding hydrogens is 246 g/mol. The van der Waals surface area contributed by atoms with Gasteiger partial charge in [0.15, 0.2) is 0 Å². The minimum Gasteiger partial charge on any atom is -0.397 e. The number of fused-ring (bicyclic) bond motifs is 1. The summed E-state index contributed by atoms with van der Waals surface area (Å²) in [7, 11) is 3.27. The normalized spacial score (nSPS) is 14.9. The molecule has 0 bridgehead atoms. The smallest absolute Gasteiger partial charge is 0.228 e. The van der Waals surface area contributed by atoms with Crippen LogP contribution in [0.25, 0.3) is 0 Å². The van der Waals surface area contributed by atoms with Gasteiger partial charge in [-0.05, 0) is 17.7 Å². The second-order valence-corrected chi connectivity index (χ2v) is 4.52. The second-order valence-electron chi connectivity index (χ2n) is 4.52. The Morgan fingerprint density at radius 3 is 2.95 bits per heavy atom. The summed E-state index contributed by atoms with van der Waals surface area (Å²) in [5.74, 6) is 0.000649. The molecule has 6 heteroatoms. The van der Waals surface area contributed by atoms with Crippen LogP contribution < -0.4 is 16.4 Å². The number of nitrogen functional groups attached to an aromatic ring is 1. The minimum absolute atomic E-state index is 0.000649. The van der Waals surface area contributed by atoms with Crippen LogP contribution >= 0.6 is 0 Å². The van der Waals surface area contributed by atoms with Crippen molar-refractivity contribution < 1.29 is 14.3 Å². The van der Waals surface area contributed by atoms with Gasteiger partial charge in [0.05, 0.1) is 30.5 Å². The van der Waals surface area contributed by atoms with Gasteiger partial charge in [0, 0.05) is 26.5 Å². The molecule has 1 aliphatic heterocycles. The number of carbonyl (C=O) groups excluding carboxylic acids is 1. The number of nitrogens with one attached hydrogen (secondary N) is 2. The largest absolute Gasteiger partial charge is 0.397 e. The number of methoxy groups -OCH3 is 2. The van der Waals surface area contributed by atoms with Gasteiger partial charge in [-0.1, -0.05) is 0 Å². The molecule has 1 atom stereocenters. The van der Waals surface area contributed by atoms with E-state index in [4.69, 9.17) is 15.2 Å². The van der Waals surface area contributed by atoms with Crippen molar-refractivity contribution in [2.75, 3.05) is 43.7 Å². The van der Waals surface area contributed by atoms with Crippen LogP contribution in [0.2, 0.25) is 0 Å². The topological polar surface area (TPSA) is 85.6 Å². The molecule has 0 spiro atoms. The maximum absolute atomic E-state index is 11.3. The first-order valence-corrected chi connectivity index (χ1v) is 6.12. The van der Waals surface area contributed by atoms with E-state index in [1.807, 2.05) is 12.1 Å². The lowest BCUT2D eigenvalue weighted by Gasteiger charge is -2.17. The molecule has 1 heterocycles. The summed E-state index contributed by atoms with van der Waals surface area (Å²) in [5, 5.41) is 6.01. The third kappa shape index (κ3) is 3.15. The fourth-order valence-electron chi connectivity index (χ4n) is 2.07. The maximum Gasteiger partial charge on any atom is 0.228 e. The molecule has 0 saturated carbocycles. The zero-order valence-corrected chi connectivity index (χ0v) is 11.2. The Labute approximate surface area is 112 Å². The first-order valence-electron chi connectivity index (χ1n) is 6.12. The van der Waals surface area contributed by atoms with E-state index in [0.717, 1.165) is 16.9 Å². The molecule has 104 valence electrons. The lowest BCUT2D eigenvalue weighted by molar-refractivity contribution is -0.115. The number of benzene rings is 1. The molecule has 0 aromatic heterocycles. The van der Waals surface area contributed by atoms with Gasteiger partial charge in [0.2, 0.25) is 5.91 Å². The Morgan fingerprint density at radius 1 is 1.47 bits per heavy atom. The van der Waals surface area contributed by atoms with Crippen LogP contribution in [-0.2, 0) is 20.7 Å². The van der Waals surface area contributed by atoms with Crippen LogP contribution in [0.5, 0.6) is 0 Å². The first-order chi connectivity index (χ1) is 9.13. The Hall–Kier alpha value is -1.79. The molecule has 6 nitrogen and oxygen atoms in total.